The minimum absolute atomic E-state index is 0.0559. The van der Waals surface area contributed by atoms with Gasteiger partial charge in [0.25, 0.3) is 0 Å². The molecule has 2 heteroatoms. The summed E-state index contributed by atoms with van der Waals surface area (Å²) in [6.07, 6.45) is 3.10. The quantitative estimate of drug-likeness (QED) is 0.787. The van der Waals surface area contributed by atoms with Gasteiger partial charge in [0.05, 0.1) is 0 Å². The van der Waals surface area contributed by atoms with Gasteiger partial charge in [-0.2, -0.15) is 0 Å². The molecule has 19 heavy (non-hydrogen) atoms. The fourth-order valence-corrected chi connectivity index (χ4v) is 2.20. The second-order valence-corrected chi connectivity index (χ2v) is 6.23. The molecule has 0 radical (unpaired) electrons. The molecule has 0 fully saturated rings. The molecule has 0 saturated carbocycles. The van der Waals surface area contributed by atoms with Crippen molar-refractivity contribution in [2.24, 2.45) is 0 Å². The maximum absolute atomic E-state index is 6.28. The van der Waals surface area contributed by atoms with Gasteiger partial charge in [0.2, 0.25) is 0 Å². The van der Waals surface area contributed by atoms with Gasteiger partial charge in [0.1, 0.15) is 11.4 Å². The van der Waals surface area contributed by atoms with Crippen LogP contribution in [0.1, 0.15) is 53.9 Å². The largest absolute Gasteiger partial charge is 0.487 e. The van der Waals surface area contributed by atoms with Gasteiger partial charge < -0.3 is 10.1 Å². The molecule has 108 valence electrons. The Bertz CT molecular complexity index is 349. The van der Waals surface area contributed by atoms with E-state index in [-0.39, 0.29) is 11.1 Å². The summed E-state index contributed by atoms with van der Waals surface area (Å²) in [6.45, 7) is 12.0. The molecule has 1 rings (SSSR count). The van der Waals surface area contributed by atoms with Crippen LogP contribution in [0.2, 0.25) is 0 Å². The summed E-state index contributed by atoms with van der Waals surface area (Å²) in [5.74, 6) is 0.974. The van der Waals surface area contributed by atoms with Crippen molar-refractivity contribution in [2.45, 2.75) is 65.0 Å². The zero-order chi connectivity index (χ0) is 14.4. The Kier molecular flexibility index (Phi) is 5.86. The predicted octanol–water partition coefficient (Wildman–Crippen LogP) is 4.40. The molecule has 1 aromatic rings. The molecule has 0 bridgehead atoms. The van der Waals surface area contributed by atoms with E-state index in [0.717, 1.165) is 31.6 Å². The van der Waals surface area contributed by atoms with Crippen molar-refractivity contribution in [3.8, 4) is 5.75 Å². The molecule has 0 saturated heterocycles. The highest BCUT2D eigenvalue weighted by Crippen LogP contribution is 2.27. The van der Waals surface area contributed by atoms with Gasteiger partial charge >= 0.3 is 0 Å². The monoisotopic (exact) mass is 263 g/mol. The summed E-state index contributed by atoms with van der Waals surface area (Å²) < 4.78 is 6.28. The molecule has 1 N–H and O–H groups in total. The van der Waals surface area contributed by atoms with E-state index in [4.69, 9.17) is 4.74 Å². The summed E-state index contributed by atoms with van der Waals surface area (Å²) in [5, 5.41) is 3.55. The van der Waals surface area contributed by atoms with Crippen molar-refractivity contribution in [1.82, 2.24) is 5.32 Å². The molecule has 0 aliphatic carbocycles. The third kappa shape index (κ3) is 5.65. The normalized spacial score (nSPS) is 12.5. The highest BCUT2D eigenvalue weighted by Gasteiger charge is 2.28. The minimum atomic E-state index is -0.0559. The number of rotatable bonds is 7. The number of ether oxygens (including phenoxy) is 1. The third-order valence-corrected chi connectivity index (χ3v) is 3.60. The first-order valence-corrected chi connectivity index (χ1v) is 7.40. The summed E-state index contributed by atoms with van der Waals surface area (Å²) in [6, 6.07) is 10.2. The van der Waals surface area contributed by atoms with Crippen LogP contribution in [0.5, 0.6) is 5.75 Å². The van der Waals surface area contributed by atoms with E-state index in [9.17, 15) is 0 Å². The van der Waals surface area contributed by atoms with Gasteiger partial charge in [-0.1, -0.05) is 32.0 Å². The lowest BCUT2D eigenvalue weighted by molar-refractivity contribution is 0.0497. The standard InChI is InChI=1S/C17H29NO/c1-6-17(7-2,13-14-18-16(3,4)5)19-15-11-9-8-10-12-15/h8-12,18H,6-7,13-14H2,1-5H3. The van der Waals surface area contributed by atoms with Crippen LogP contribution in [0.15, 0.2) is 30.3 Å². The summed E-state index contributed by atoms with van der Waals surface area (Å²) in [7, 11) is 0. The lowest BCUT2D eigenvalue weighted by Crippen LogP contribution is -2.42. The van der Waals surface area contributed by atoms with Gasteiger partial charge in [-0.15, -0.1) is 0 Å². The number of hydrogen-bond acceptors (Lipinski definition) is 2. The SMILES string of the molecule is CCC(CC)(CCNC(C)(C)C)Oc1ccccc1. The summed E-state index contributed by atoms with van der Waals surface area (Å²) in [4.78, 5) is 0. The number of para-hydroxylation sites is 1. The van der Waals surface area contributed by atoms with E-state index < -0.39 is 0 Å². The fraction of sp³-hybridized carbons (Fsp3) is 0.647. The summed E-state index contributed by atoms with van der Waals surface area (Å²) in [5.41, 5.74) is 0.111. The average Bonchev–Trinajstić information content (AvgIpc) is 2.37. The molecule has 1 aromatic carbocycles. The van der Waals surface area contributed by atoms with E-state index in [1.165, 1.54) is 0 Å². The van der Waals surface area contributed by atoms with Gasteiger partial charge in [-0.3, -0.25) is 0 Å². The Labute approximate surface area is 118 Å². The second-order valence-electron chi connectivity index (χ2n) is 6.23. The van der Waals surface area contributed by atoms with Crippen molar-refractivity contribution in [1.29, 1.82) is 0 Å². The van der Waals surface area contributed by atoms with Crippen LogP contribution in [0.3, 0.4) is 0 Å². The van der Waals surface area contributed by atoms with E-state index in [2.05, 4.69) is 39.9 Å². The van der Waals surface area contributed by atoms with Gasteiger partial charge in [-0.05, 0) is 58.7 Å². The predicted molar refractivity (Wildman–Crippen MR) is 82.8 cm³/mol. The molecular weight excluding hydrogens is 234 g/mol. The van der Waals surface area contributed by atoms with Gasteiger partial charge in [0, 0.05) is 5.54 Å². The molecule has 0 spiro atoms. The van der Waals surface area contributed by atoms with Crippen LogP contribution in [-0.4, -0.2) is 17.7 Å². The Balaban J connectivity index is 2.63. The van der Waals surface area contributed by atoms with E-state index in [1.54, 1.807) is 0 Å². The molecular formula is C17H29NO. The van der Waals surface area contributed by atoms with Crippen molar-refractivity contribution >= 4 is 0 Å². The van der Waals surface area contributed by atoms with Gasteiger partial charge in [0.15, 0.2) is 0 Å². The first-order chi connectivity index (χ1) is 8.91. The molecule has 0 aliphatic rings. The van der Waals surface area contributed by atoms with Crippen LogP contribution in [0.4, 0.5) is 0 Å². The average molecular weight is 263 g/mol. The van der Waals surface area contributed by atoms with Crippen molar-refractivity contribution in [3.05, 3.63) is 30.3 Å². The van der Waals surface area contributed by atoms with Crippen LogP contribution in [-0.2, 0) is 0 Å². The zero-order valence-electron chi connectivity index (χ0n) is 13.1. The van der Waals surface area contributed by atoms with Crippen LogP contribution >= 0.6 is 0 Å². The maximum atomic E-state index is 6.28. The number of hydrogen-bond donors (Lipinski definition) is 1. The van der Waals surface area contributed by atoms with Gasteiger partial charge in [-0.25, -0.2) is 0 Å². The van der Waals surface area contributed by atoms with Crippen molar-refractivity contribution < 1.29 is 4.74 Å². The molecule has 0 aromatic heterocycles. The molecule has 0 heterocycles. The lowest BCUT2D eigenvalue weighted by Gasteiger charge is -2.34. The van der Waals surface area contributed by atoms with Crippen molar-refractivity contribution in [2.75, 3.05) is 6.54 Å². The second kappa shape index (κ2) is 6.95. The molecule has 0 amide bonds. The Morgan fingerprint density at radius 3 is 2.05 bits per heavy atom. The van der Waals surface area contributed by atoms with Crippen LogP contribution in [0, 0.1) is 0 Å². The highest BCUT2D eigenvalue weighted by atomic mass is 16.5. The van der Waals surface area contributed by atoms with Crippen molar-refractivity contribution in [3.63, 3.8) is 0 Å². The Hall–Kier alpha value is -1.02. The third-order valence-electron chi connectivity index (χ3n) is 3.60. The van der Waals surface area contributed by atoms with E-state index in [0.29, 0.717) is 0 Å². The number of benzene rings is 1. The zero-order valence-corrected chi connectivity index (χ0v) is 13.1. The Morgan fingerprint density at radius 2 is 1.58 bits per heavy atom. The molecule has 0 unspecified atom stereocenters. The minimum Gasteiger partial charge on any atom is -0.487 e. The number of nitrogens with one attached hydrogen (secondary N) is 1. The molecule has 0 atom stereocenters. The first-order valence-electron chi connectivity index (χ1n) is 7.40. The first kappa shape index (κ1) is 16.0. The lowest BCUT2D eigenvalue weighted by atomic mass is 9.92. The molecule has 2 nitrogen and oxygen atoms in total. The smallest absolute Gasteiger partial charge is 0.120 e. The fourth-order valence-electron chi connectivity index (χ4n) is 2.20. The maximum Gasteiger partial charge on any atom is 0.120 e. The van der Waals surface area contributed by atoms with Crippen LogP contribution < -0.4 is 10.1 Å². The van der Waals surface area contributed by atoms with E-state index in [1.807, 2.05) is 30.3 Å². The topological polar surface area (TPSA) is 21.3 Å². The molecule has 0 aliphatic heterocycles. The van der Waals surface area contributed by atoms with E-state index >= 15 is 0 Å². The summed E-state index contributed by atoms with van der Waals surface area (Å²) >= 11 is 0. The Morgan fingerprint density at radius 1 is 1.00 bits per heavy atom. The highest BCUT2D eigenvalue weighted by molar-refractivity contribution is 5.22. The van der Waals surface area contributed by atoms with Crippen LogP contribution in [0.25, 0.3) is 0 Å².